The number of carbonyl (C=O) groups is 1. The highest BCUT2D eigenvalue weighted by Crippen LogP contribution is 2.25. The first-order valence-electron chi connectivity index (χ1n) is 9.00. The van der Waals surface area contributed by atoms with Crippen LogP contribution in [0.5, 0.6) is 0 Å². The molecule has 0 aliphatic heterocycles. The summed E-state index contributed by atoms with van der Waals surface area (Å²) in [5.74, 6) is 0.622. The SMILES string of the molecule is Cc1cc(C)cc(NC(=O)c2cnc(Nc3ccccc3C(C)C)nc2)c1. The fraction of sp³-hybridized carbons (Fsp3) is 0.227. The topological polar surface area (TPSA) is 66.9 Å². The van der Waals surface area contributed by atoms with Crippen LogP contribution in [0, 0.1) is 13.8 Å². The minimum atomic E-state index is -0.228. The largest absolute Gasteiger partial charge is 0.324 e. The summed E-state index contributed by atoms with van der Waals surface area (Å²) in [5, 5.41) is 6.12. The summed E-state index contributed by atoms with van der Waals surface area (Å²) < 4.78 is 0. The van der Waals surface area contributed by atoms with Gasteiger partial charge in [-0.2, -0.15) is 0 Å². The van der Waals surface area contributed by atoms with Crippen LogP contribution in [0.2, 0.25) is 0 Å². The van der Waals surface area contributed by atoms with Gasteiger partial charge in [-0.25, -0.2) is 9.97 Å². The van der Waals surface area contributed by atoms with E-state index in [1.54, 1.807) is 0 Å². The molecule has 3 rings (SSSR count). The Balaban J connectivity index is 1.72. The Bertz CT molecular complexity index is 929. The average molecular weight is 360 g/mol. The van der Waals surface area contributed by atoms with Crippen molar-refractivity contribution < 1.29 is 4.79 Å². The van der Waals surface area contributed by atoms with Gasteiger partial charge in [-0.05, 0) is 54.7 Å². The molecule has 27 heavy (non-hydrogen) atoms. The molecular formula is C22H24N4O. The van der Waals surface area contributed by atoms with Gasteiger partial charge in [-0.1, -0.05) is 38.1 Å². The van der Waals surface area contributed by atoms with Crippen LogP contribution in [0.1, 0.15) is 46.8 Å². The van der Waals surface area contributed by atoms with Gasteiger partial charge in [-0.3, -0.25) is 4.79 Å². The highest BCUT2D eigenvalue weighted by Gasteiger charge is 2.10. The maximum absolute atomic E-state index is 12.4. The van der Waals surface area contributed by atoms with Crippen LogP contribution < -0.4 is 10.6 Å². The maximum atomic E-state index is 12.4. The third kappa shape index (κ3) is 4.70. The highest BCUT2D eigenvalue weighted by molar-refractivity contribution is 6.04. The number of benzene rings is 2. The number of aryl methyl sites for hydroxylation is 2. The van der Waals surface area contributed by atoms with E-state index in [0.717, 1.165) is 22.5 Å². The van der Waals surface area contributed by atoms with Gasteiger partial charge in [0.15, 0.2) is 0 Å². The lowest BCUT2D eigenvalue weighted by Gasteiger charge is -2.13. The zero-order valence-corrected chi connectivity index (χ0v) is 16.1. The molecule has 1 heterocycles. The van der Waals surface area contributed by atoms with E-state index in [-0.39, 0.29) is 5.91 Å². The molecule has 138 valence electrons. The molecule has 0 spiro atoms. The normalized spacial score (nSPS) is 10.7. The van der Waals surface area contributed by atoms with Crippen LogP contribution in [0.15, 0.2) is 54.9 Å². The average Bonchev–Trinajstić information content (AvgIpc) is 2.61. The number of carbonyl (C=O) groups excluding carboxylic acids is 1. The number of nitrogens with one attached hydrogen (secondary N) is 2. The maximum Gasteiger partial charge on any atom is 0.258 e. The number of rotatable bonds is 5. The van der Waals surface area contributed by atoms with Crippen molar-refractivity contribution >= 4 is 23.2 Å². The van der Waals surface area contributed by atoms with Crippen molar-refractivity contribution in [2.45, 2.75) is 33.6 Å². The van der Waals surface area contributed by atoms with E-state index < -0.39 is 0 Å². The number of nitrogens with zero attached hydrogens (tertiary/aromatic N) is 2. The van der Waals surface area contributed by atoms with Gasteiger partial charge in [0.25, 0.3) is 5.91 Å². The van der Waals surface area contributed by atoms with Crippen molar-refractivity contribution in [3.05, 3.63) is 77.1 Å². The molecular weight excluding hydrogens is 336 g/mol. The molecule has 0 aliphatic rings. The van der Waals surface area contributed by atoms with E-state index in [2.05, 4.69) is 46.6 Å². The Morgan fingerprint density at radius 3 is 2.22 bits per heavy atom. The summed E-state index contributed by atoms with van der Waals surface area (Å²) in [4.78, 5) is 21.0. The van der Waals surface area contributed by atoms with Gasteiger partial charge in [-0.15, -0.1) is 0 Å². The van der Waals surface area contributed by atoms with Gasteiger partial charge >= 0.3 is 0 Å². The van der Waals surface area contributed by atoms with Crippen molar-refractivity contribution in [1.29, 1.82) is 0 Å². The Hall–Kier alpha value is -3.21. The Kier molecular flexibility index (Phi) is 5.50. The van der Waals surface area contributed by atoms with Gasteiger partial charge in [0.2, 0.25) is 5.95 Å². The zero-order valence-electron chi connectivity index (χ0n) is 16.1. The first kappa shape index (κ1) is 18.6. The molecule has 0 bridgehead atoms. The monoisotopic (exact) mass is 360 g/mol. The van der Waals surface area contributed by atoms with Crippen LogP contribution in [-0.2, 0) is 0 Å². The second kappa shape index (κ2) is 7.99. The lowest BCUT2D eigenvalue weighted by Crippen LogP contribution is -2.13. The molecule has 0 fully saturated rings. The Morgan fingerprint density at radius 2 is 1.59 bits per heavy atom. The second-order valence-corrected chi connectivity index (χ2v) is 6.99. The van der Waals surface area contributed by atoms with E-state index in [9.17, 15) is 4.79 Å². The molecule has 3 aromatic rings. The van der Waals surface area contributed by atoms with Gasteiger partial charge in [0.05, 0.1) is 5.56 Å². The first-order chi connectivity index (χ1) is 12.9. The smallest absolute Gasteiger partial charge is 0.258 e. The molecule has 5 heteroatoms. The van der Waals surface area contributed by atoms with Gasteiger partial charge < -0.3 is 10.6 Å². The molecule has 2 aromatic carbocycles. The van der Waals surface area contributed by atoms with Crippen molar-refractivity contribution in [3.63, 3.8) is 0 Å². The van der Waals surface area contributed by atoms with Gasteiger partial charge in [0, 0.05) is 23.8 Å². The summed E-state index contributed by atoms with van der Waals surface area (Å²) in [6.45, 7) is 8.28. The van der Waals surface area contributed by atoms with E-state index in [1.165, 1.54) is 18.0 Å². The fourth-order valence-electron chi connectivity index (χ4n) is 2.99. The Labute approximate surface area is 159 Å². The minimum absolute atomic E-state index is 0.228. The molecule has 2 N–H and O–H groups in total. The van der Waals surface area contributed by atoms with Crippen LogP contribution in [-0.4, -0.2) is 15.9 Å². The number of amides is 1. The van der Waals surface area contributed by atoms with E-state index >= 15 is 0 Å². The molecule has 0 saturated carbocycles. The fourth-order valence-corrected chi connectivity index (χ4v) is 2.99. The van der Waals surface area contributed by atoms with Crippen molar-refractivity contribution in [1.82, 2.24) is 9.97 Å². The predicted molar refractivity (Wildman–Crippen MR) is 110 cm³/mol. The number of aromatic nitrogens is 2. The van der Waals surface area contributed by atoms with Crippen LogP contribution in [0.25, 0.3) is 0 Å². The number of hydrogen-bond acceptors (Lipinski definition) is 4. The predicted octanol–water partition coefficient (Wildman–Crippen LogP) is 5.21. The lowest BCUT2D eigenvalue weighted by molar-refractivity contribution is 0.102. The van der Waals surface area contributed by atoms with E-state index in [1.807, 2.05) is 44.2 Å². The van der Waals surface area contributed by atoms with Crippen LogP contribution in [0.3, 0.4) is 0 Å². The van der Waals surface area contributed by atoms with E-state index in [4.69, 9.17) is 0 Å². The van der Waals surface area contributed by atoms with Crippen molar-refractivity contribution in [3.8, 4) is 0 Å². The molecule has 0 radical (unpaired) electrons. The van der Waals surface area contributed by atoms with Crippen molar-refractivity contribution in [2.24, 2.45) is 0 Å². The molecule has 0 aliphatic carbocycles. The van der Waals surface area contributed by atoms with Gasteiger partial charge in [0.1, 0.15) is 0 Å². The van der Waals surface area contributed by atoms with Crippen LogP contribution >= 0.6 is 0 Å². The molecule has 0 atom stereocenters. The summed E-state index contributed by atoms with van der Waals surface area (Å²) in [6, 6.07) is 14.0. The quantitative estimate of drug-likeness (QED) is 0.655. The second-order valence-electron chi connectivity index (χ2n) is 6.99. The first-order valence-corrected chi connectivity index (χ1v) is 9.00. The lowest BCUT2D eigenvalue weighted by atomic mass is 10.0. The standard InChI is InChI=1S/C22H24N4O/c1-14(2)19-7-5-6-8-20(19)26-22-23-12-17(13-24-22)21(27)25-18-10-15(3)9-16(4)11-18/h5-14H,1-4H3,(H,25,27)(H,23,24,26). The third-order valence-electron chi connectivity index (χ3n) is 4.22. The molecule has 1 aromatic heterocycles. The molecule has 0 unspecified atom stereocenters. The summed E-state index contributed by atoms with van der Waals surface area (Å²) in [6.07, 6.45) is 3.07. The molecule has 1 amide bonds. The van der Waals surface area contributed by atoms with E-state index in [0.29, 0.717) is 17.4 Å². The summed E-state index contributed by atoms with van der Waals surface area (Å²) >= 11 is 0. The molecule has 0 saturated heterocycles. The minimum Gasteiger partial charge on any atom is -0.324 e. The third-order valence-corrected chi connectivity index (χ3v) is 4.22. The van der Waals surface area contributed by atoms with Crippen LogP contribution in [0.4, 0.5) is 17.3 Å². The number of hydrogen-bond donors (Lipinski definition) is 2. The number of para-hydroxylation sites is 1. The zero-order chi connectivity index (χ0) is 19.4. The number of anilines is 3. The van der Waals surface area contributed by atoms with Crippen molar-refractivity contribution in [2.75, 3.05) is 10.6 Å². The Morgan fingerprint density at radius 1 is 0.963 bits per heavy atom. The molecule has 5 nitrogen and oxygen atoms in total. The highest BCUT2D eigenvalue weighted by atomic mass is 16.1. The summed E-state index contributed by atoms with van der Waals surface area (Å²) in [7, 11) is 0. The summed E-state index contributed by atoms with van der Waals surface area (Å²) in [5.41, 5.74) is 5.55.